The summed E-state index contributed by atoms with van der Waals surface area (Å²) in [5, 5.41) is 5.76. The molecule has 4 rings (SSSR count). The van der Waals surface area contributed by atoms with Crippen molar-refractivity contribution in [1.29, 1.82) is 0 Å². The van der Waals surface area contributed by atoms with E-state index in [0.717, 1.165) is 31.0 Å². The Bertz CT molecular complexity index is 949. The molecule has 0 aromatic carbocycles. The van der Waals surface area contributed by atoms with Crippen LogP contribution >= 0.6 is 0 Å². The maximum absolute atomic E-state index is 14.3. The van der Waals surface area contributed by atoms with Gasteiger partial charge in [0.1, 0.15) is 23.7 Å². The number of aromatic nitrogens is 3. The molecule has 10 heteroatoms. The zero-order chi connectivity index (χ0) is 20.8. The highest BCUT2D eigenvalue weighted by Crippen LogP contribution is 2.43. The molecule has 2 aromatic heterocycles. The number of fused-ring (bicyclic) bond motifs is 1. The van der Waals surface area contributed by atoms with Gasteiger partial charge in [-0.3, -0.25) is 5.32 Å². The first-order valence-corrected chi connectivity index (χ1v) is 9.40. The quantitative estimate of drug-likeness (QED) is 0.813. The number of carbonyl (C=O) groups is 1. The third kappa shape index (κ3) is 3.84. The van der Waals surface area contributed by atoms with E-state index in [0.29, 0.717) is 18.7 Å². The van der Waals surface area contributed by atoms with Crippen LogP contribution in [0.5, 0.6) is 0 Å². The number of ether oxygens (including phenoxy) is 1. The van der Waals surface area contributed by atoms with E-state index in [9.17, 15) is 13.6 Å². The van der Waals surface area contributed by atoms with Crippen molar-refractivity contribution in [3.05, 3.63) is 29.6 Å². The summed E-state index contributed by atoms with van der Waals surface area (Å²) in [6.45, 7) is 7.12. The molecule has 0 radical (unpaired) electrons. The van der Waals surface area contributed by atoms with Crippen molar-refractivity contribution < 1.29 is 18.3 Å². The minimum Gasteiger partial charge on any atom is -0.434 e. The molecule has 4 heterocycles. The van der Waals surface area contributed by atoms with Crippen molar-refractivity contribution in [3.8, 4) is 11.4 Å². The lowest BCUT2D eigenvalue weighted by Gasteiger charge is -2.33. The Kier molecular flexibility index (Phi) is 4.81. The van der Waals surface area contributed by atoms with E-state index in [1.165, 1.54) is 6.33 Å². The van der Waals surface area contributed by atoms with Crippen LogP contribution in [0.4, 0.5) is 25.2 Å². The smallest absolute Gasteiger partial charge is 0.413 e. The fourth-order valence-electron chi connectivity index (χ4n) is 3.67. The second-order valence-corrected chi connectivity index (χ2v) is 7.54. The van der Waals surface area contributed by atoms with Gasteiger partial charge < -0.3 is 15.0 Å². The summed E-state index contributed by atoms with van der Waals surface area (Å²) in [7, 11) is 0. The molecule has 0 spiro atoms. The van der Waals surface area contributed by atoms with Crippen molar-refractivity contribution in [3.63, 3.8) is 0 Å². The van der Waals surface area contributed by atoms with Crippen LogP contribution < -0.4 is 15.5 Å². The SMILES string of the molecule is Cc1cc(-c2ncnc3c2[C@H](C(C)(F)F)OC(=O)N3)nc(N2CCN[C@@H](C)C2)c1. The van der Waals surface area contributed by atoms with Gasteiger partial charge in [0, 0.05) is 32.6 Å². The number of nitrogens with one attached hydrogen (secondary N) is 2. The van der Waals surface area contributed by atoms with Gasteiger partial charge in [0.25, 0.3) is 5.92 Å². The van der Waals surface area contributed by atoms with Gasteiger partial charge in [0.2, 0.25) is 0 Å². The summed E-state index contributed by atoms with van der Waals surface area (Å²) >= 11 is 0. The molecule has 2 aliphatic heterocycles. The Morgan fingerprint density at radius 3 is 2.83 bits per heavy atom. The molecule has 1 fully saturated rings. The highest BCUT2D eigenvalue weighted by atomic mass is 19.3. The molecule has 2 aliphatic rings. The summed E-state index contributed by atoms with van der Waals surface area (Å²) < 4.78 is 33.4. The Hall–Kier alpha value is -2.88. The number of rotatable bonds is 3. The van der Waals surface area contributed by atoms with E-state index < -0.39 is 18.1 Å². The van der Waals surface area contributed by atoms with E-state index in [4.69, 9.17) is 9.72 Å². The van der Waals surface area contributed by atoms with Gasteiger partial charge in [0.05, 0.1) is 11.3 Å². The van der Waals surface area contributed by atoms with E-state index >= 15 is 0 Å². The van der Waals surface area contributed by atoms with Crippen LogP contribution in [0.2, 0.25) is 0 Å². The number of amides is 1. The zero-order valence-corrected chi connectivity index (χ0v) is 16.4. The third-order valence-electron chi connectivity index (χ3n) is 4.94. The van der Waals surface area contributed by atoms with Gasteiger partial charge in [0.15, 0.2) is 6.10 Å². The van der Waals surface area contributed by atoms with Gasteiger partial charge in [-0.2, -0.15) is 0 Å². The topological polar surface area (TPSA) is 92.3 Å². The van der Waals surface area contributed by atoms with Crippen LogP contribution in [0.1, 0.15) is 31.1 Å². The predicted molar refractivity (Wildman–Crippen MR) is 103 cm³/mol. The van der Waals surface area contributed by atoms with Crippen LogP contribution in [0, 0.1) is 6.92 Å². The average molecular weight is 404 g/mol. The summed E-state index contributed by atoms with van der Waals surface area (Å²) in [4.78, 5) is 26.8. The Balaban J connectivity index is 1.82. The molecule has 0 bridgehead atoms. The number of halogens is 2. The van der Waals surface area contributed by atoms with Crippen LogP contribution in [0.15, 0.2) is 18.5 Å². The van der Waals surface area contributed by atoms with Crippen molar-refractivity contribution in [2.75, 3.05) is 29.9 Å². The standard InChI is InChI=1S/C19H22F2N6O2/c1-10-6-12(25-13(7-10)27-5-4-22-11(2)8-27)15-14-16(19(3,20)21)29-18(28)26-17(14)24-9-23-15/h6-7,9,11,16,22H,4-5,8H2,1-3H3,(H,23,24,26,28)/t11-,16+/m0/s1. The lowest BCUT2D eigenvalue weighted by molar-refractivity contribution is -0.0985. The number of alkyl halides is 2. The van der Waals surface area contributed by atoms with E-state index in [1.807, 2.05) is 13.0 Å². The summed E-state index contributed by atoms with van der Waals surface area (Å²) in [5.41, 5.74) is 1.59. The zero-order valence-electron chi connectivity index (χ0n) is 16.4. The maximum Gasteiger partial charge on any atom is 0.413 e. The number of carbonyl (C=O) groups excluding carboxylic acids is 1. The fourth-order valence-corrected chi connectivity index (χ4v) is 3.67. The largest absolute Gasteiger partial charge is 0.434 e. The van der Waals surface area contributed by atoms with E-state index in [2.05, 4.69) is 32.4 Å². The highest BCUT2D eigenvalue weighted by Gasteiger charge is 2.45. The Labute approximate surface area is 166 Å². The first kappa shape index (κ1) is 19.4. The second-order valence-electron chi connectivity index (χ2n) is 7.54. The Morgan fingerprint density at radius 2 is 2.10 bits per heavy atom. The van der Waals surface area contributed by atoms with Crippen molar-refractivity contribution in [1.82, 2.24) is 20.3 Å². The second kappa shape index (κ2) is 7.18. The van der Waals surface area contributed by atoms with Gasteiger partial charge >= 0.3 is 6.09 Å². The number of pyridine rings is 1. The van der Waals surface area contributed by atoms with E-state index in [1.54, 1.807) is 6.07 Å². The molecule has 1 saturated heterocycles. The van der Waals surface area contributed by atoms with Crippen LogP contribution in [0.3, 0.4) is 0 Å². The van der Waals surface area contributed by atoms with Gasteiger partial charge in [-0.25, -0.2) is 28.5 Å². The summed E-state index contributed by atoms with van der Waals surface area (Å²) in [6, 6.07) is 4.05. The molecule has 0 aliphatic carbocycles. The maximum atomic E-state index is 14.3. The molecule has 2 atom stereocenters. The van der Waals surface area contributed by atoms with Crippen LogP contribution in [-0.4, -0.2) is 52.6 Å². The normalized spacial score (nSPS) is 22.0. The third-order valence-corrected chi connectivity index (χ3v) is 4.94. The molecule has 1 amide bonds. The van der Waals surface area contributed by atoms with Crippen LogP contribution in [0.25, 0.3) is 11.4 Å². The monoisotopic (exact) mass is 404 g/mol. The average Bonchev–Trinajstić information content (AvgIpc) is 2.65. The van der Waals surface area contributed by atoms with Crippen molar-refractivity contribution in [2.45, 2.75) is 38.8 Å². The lowest BCUT2D eigenvalue weighted by Crippen LogP contribution is -2.49. The number of hydrogen-bond acceptors (Lipinski definition) is 7. The first-order chi connectivity index (χ1) is 13.7. The minimum atomic E-state index is -3.31. The number of hydrogen-bond donors (Lipinski definition) is 2. The van der Waals surface area contributed by atoms with Gasteiger partial charge in [-0.05, 0) is 31.5 Å². The minimum absolute atomic E-state index is 0.0124. The molecule has 2 aromatic rings. The van der Waals surface area contributed by atoms with Crippen LogP contribution in [-0.2, 0) is 4.74 Å². The number of piperazine rings is 1. The first-order valence-electron chi connectivity index (χ1n) is 9.40. The van der Waals surface area contributed by atoms with E-state index in [-0.39, 0.29) is 17.1 Å². The number of anilines is 2. The molecule has 0 saturated carbocycles. The van der Waals surface area contributed by atoms with Crippen molar-refractivity contribution >= 4 is 17.7 Å². The molecule has 2 N–H and O–H groups in total. The molecule has 29 heavy (non-hydrogen) atoms. The predicted octanol–water partition coefficient (Wildman–Crippen LogP) is 2.90. The molecular formula is C19H22F2N6O2. The summed E-state index contributed by atoms with van der Waals surface area (Å²) in [6.07, 6.45) is -1.55. The van der Waals surface area contributed by atoms with Crippen molar-refractivity contribution in [2.24, 2.45) is 0 Å². The molecule has 8 nitrogen and oxygen atoms in total. The fraction of sp³-hybridized carbons (Fsp3) is 0.474. The lowest BCUT2D eigenvalue weighted by atomic mass is 9.99. The van der Waals surface area contributed by atoms with Gasteiger partial charge in [-0.15, -0.1) is 0 Å². The number of nitrogens with zero attached hydrogens (tertiary/aromatic N) is 4. The molecule has 0 unspecified atom stereocenters. The van der Waals surface area contributed by atoms with Gasteiger partial charge in [-0.1, -0.05) is 0 Å². The Morgan fingerprint density at radius 1 is 1.31 bits per heavy atom. The highest BCUT2D eigenvalue weighted by molar-refractivity contribution is 5.88. The number of cyclic esters (lactones) is 1. The molecular weight excluding hydrogens is 382 g/mol. The molecule has 154 valence electrons. The summed E-state index contributed by atoms with van der Waals surface area (Å²) in [5.74, 6) is -2.55. The number of aryl methyl sites for hydroxylation is 1.